The lowest BCUT2D eigenvalue weighted by atomic mass is 9.93. The molecule has 0 aliphatic rings. The molecule has 5 nitrogen and oxygen atoms in total. The highest BCUT2D eigenvalue weighted by Crippen LogP contribution is 2.23. The molecule has 0 bridgehead atoms. The highest BCUT2D eigenvalue weighted by Gasteiger charge is 2.23. The SMILES string of the molecule is COC(=O)NC(=O)[C@H](C)N[C@@H](c1ccc(CC(C)C)cc1)C(C)C. The van der Waals surface area contributed by atoms with E-state index in [1.54, 1.807) is 6.92 Å². The maximum Gasteiger partial charge on any atom is 0.413 e. The topological polar surface area (TPSA) is 67.4 Å². The minimum atomic E-state index is -0.743. The largest absolute Gasteiger partial charge is 0.453 e. The Bertz CT molecular complexity index is 538. The molecule has 24 heavy (non-hydrogen) atoms. The Labute approximate surface area is 145 Å². The molecule has 0 fully saturated rings. The molecule has 0 spiro atoms. The Kier molecular flexibility index (Phi) is 7.92. The Morgan fingerprint density at radius 1 is 1.04 bits per heavy atom. The van der Waals surface area contributed by atoms with E-state index in [1.807, 2.05) is 0 Å². The van der Waals surface area contributed by atoms with E-state index >= 15 is 0 Å². The van der Waals surface area contributed by atoms with Gasteiger partial charge in [0, 0.05) is 6.04 Å². The zero-order chi connectivity index (χ0) is 18.3. The van der Waals surface area contributed by atoms with E-state index in [0.29, 0.717) is 11.8 Å². The maximum atomic E-state index is 12.0. The van der Waals surface area contributed by atoms with Crippen LogP contribution in [0.25, 0.3) is 0 Å². The van der Waals surface area contributed by atoms with Gasteiger partial charge in [0.05, 0.1) is 13.2 Å². The Hall–Kier alpha value is -1.88. The van der Waals surface area contributed by atoms with Gasteiger partial charge in [-0.1, -0.05) is 52.0 Å². The number of carbonyl (C=O) groups excluding carboxylic acids is 2. The summed E-state index contributed by atoms with van der Waals surface area (Å²) >= 11 is 0. The van der Waals surface area contributed by atoms with Gasteiger partial charge >= 0.3 is 6.09 Å². The number of hydrogen-bond acceptors (Lipinski definition) is 4. The molecule has 1 aromatic rings. The minimum Gasteiger partial charge on any atom is -0.453 e. The molecule has 0 saturated heterocycles. The van der Waals surface area contributed by atoms with Gasteiger partial charge in [0.1, 0.15) is 0 Å². The van der Waals surface area contributed by atoms with Gasteiger partial charge in [-0.25, -0.2) is 4.79 Å². The van der Waals surface area contributed by atoms with Crippen LogP contribution in [0.15, 0.2) is 24.3 Å². The zero-order valence-corrected chi connectivity index (χ0v) is 15.6. The normalized spacial score (nSPS) is 13.7. The van der Waals surface area contributed by atoms with Gasteiger partial charge in [0.2, 0.25) is 5.91 Å². The third-order valence-corrected chi connectivity index (χ3v) is 3.88. The van der Waals surface area contributed by atoms with E-state index in [-0.39, 0.29) is 6.04 Å². The lowest BCUT2D eigenvalue weighted by Crippen LogP contribution is -2.46. The number of alkyl carbamates (subject to hydrolysis) is 1. The number of methoxy groups -OCH3 is 1. The Morgan fingerprint density at radius 3 is 2.08 bits per heavy atom. The van der Waals surface area contributed by atoms with Crippen molar-refractivity contribution in [3.05, 3.63) is 35.4 Å². The summed E-state index contributed by atoms with van der Waals surface area (Å²) in [7, 11) is 1.23. The summed E-state index contributed by atoms with van der Waals surface area (Å²) in [6, 6.07) is 8.03. The van der Waals surface area contributed by atoms with Crippen LogP contribution in [-0.2, 0) is 16.0 Å². The van der Waals surface area contributed by atoms with Crippen LogP contribution >= 0.6 is 0 Å². The van der Waals surface area contributed by atoms with Crippen molar-refractivity contribution >= 4 is 12.0 Å². The summed E-state index contributed by atoms with van der Waals surface area (Å²) in [5, 5.41) is 5.50. The molecule has 0 saturated carbocycles. The fourth-order valence-electron chi connectivity index (χ4n) is 2.61. The molecule has 1 rings (SSSR count). The fourth-order valence-corrected chi connectivity index (χ4v) is 2.61. The van der Waals surface area contributed by atoms with Crippen LogP contribution in [0.5, 0.6) is 0 Å². The van der Waals surface area contributed by atoms with Crippen molar-refractivity contribution in [1.82, 2.24) is 10.6 Å². The fraction of sp³-hybridized carbons (Fsp3) is 0.579. The van der Waals surface area contributed by atoms with E-state index in [9.17, 15) is 9.59 Å². The second-order valence-corrected chi connectivity index (χ2v) is 6.93. The third kappa shape index (κ3) is 6.32. The van der Waals surface area contributed by atoms with Gasteiger partial charge in [-0.3, -0.25) is 15.4 Å². The highest BCUT2D eigenvalue weighted by atomic mass is 16.5. The predicted octanol–water partition coefficient (Wildman–Crippen LogP) is 3.44. The second-order valence-electron chi connectivity index (χ2n) is 6.93. The summed E-state index contributed by atoms with van der Waals surface area (Å²) in [6.45, 7) is 10.3. The van der Waals surface area contributed by atoms with E-state index in [1.165, 1.54) is 12.7 Å². The molecule has 5 heteroatoms. The number of amides is 2. The molecule has 1 aromatic carbocycles. The smallest absolute Gasteiger partial charge is 0.413 e. The average Bonchev–Trinajstić information content (AvgIpc) is 2.52. The molecule has 2 amide bonds. The van der Waals surface area contributed by atoms with E-state index in [0.717, 1.165) is 12.0 Å². The molecule has 0 unspecified atom stereocenters. The van der Waals surface area contributed by atoms with Crippen LogP contribution < -0.4 is 10.6 Å². The Balaban J connectivity index is 2.79. The van der Waals surface area contributed by atoms with Gasteiger partial charge in [-0.2, -0.15) is 0 Å². The quantitative estimate of drug-likeness (QED) is 0.801. The van der Waals surface area contributed by atoms with Crippen molar-refractivity contribution in [2.45, 2.75) is 53.1 Å². The van der Waals surface area contributed by atoms with Gasteiger partial charge in [0.25, 0.3) is 0 Å². The van der Waals surface area contributed by atoms with Crippen molar-refractivity contribution in [3.8, 4) is 0 Å². The average molecular weight is 334 g/mol. The molecule has 0 radical (unpaired) electrons. The van der Waals surface area contributed by atoms with Gasteiger partial charge < -0.3 is 4.74 Å². The third-order valence-electron chi connectivity index (χ3n) is 3.88. The Morgan fingerprint density at radius 2 is 1.62 bits per heavy atom. The molecular weight excluding hydrogens is 304 g/mol. The molecule has 0 heterocycles. The van der Waals surface area contributed by atoms with E-state index in [4.69, 9.17) is 0 Å². The van der Waals surface area contributed by atoms with E-state index < -0.39 is 18.0 Å². The lowest BCUT2D eigenvalue weighted by molar-refractivity contribution is -0.122. The number of nitrogens with one attached hydrogen (secondary N) is 2. The number of hydrogen-bond donors (Lipinski definition) is 2. The summed E-state index contributed by atoms with van der Waals surface area (Å²) in [4.78, 5) is 23.2. The highest BCUT2D eigenvalue weighted by molar-refractivity contribution is 5.94. The first-order valence-electron chi connectivity index (χ1n) is 8.48. The van der Waals surface area contributed by atoms with E-state index in [2.05, 4.69) is 67.3 Å². The number of rotatable bonds is 7. The first kappa shape index (κ1) is 20.2. The standard InChI is InChI=1S/C19H30N2O3/c1-12(2)11-15-7-9-16(10-8-15)17(13(3)4)20-14(5)18(22)21-19(23)24-6/h7-10,12-14,17,20H,11H2,1-6H3,(H,21,22,23)/t14-,17+/m0/s1. The minimum absolute atomic E-state index is 0.0245. The summed E-state index contributed by atoms with van der Waals surface area (Å²) < 4.78 is 4.45. The van der Waals surface area contributed by atoms with Gasteiger partial charge in [-0.15, -0.1) is 0 Å². The summed E-state index contributed by atoms with van der Waals surface area (Å²) in [6.07, 6.45) is 0.311. The number of ether oxygens (including phenoxy) is 1. The van der Waals surface area contributed by atoms with Crippen molar-refractivity contribution in [2.24, 2.45) is 11.8 Å². The molecule has 0 aliphatic carbocycles. The maximum absolute atomic E-state index is 12.0. The summed E-state index contributed by atoms with van der Waals surface area (Å²) in [5.74, 6) is 0.523. The molecule has 0 aromatic heterocycles. The van der Waals surface area contributed by atoms with Crippen molar-refractivity contribution in [3.63, 3.8) is 0 Å². The number of benzene rings is 1. The van der Waals surface area contributed by atoms with Crippen LogP contribution in [0.3, 0.4) is 0 Å². The predicted molar refractivity (Wildman–Crippen MR) is 95.7 cm³/mol. The molecule has 0 aliphatic heterocycles. The van der Waals surface area contributed by atoms with Crippen molar-refractivity contribution < 1.29 is 14.3 Å². The monoisotopic (exact) mass is 334 g/mol. The molecule has 2 N–H and O–H groups in total. The van der Waals surface area contributed by atoms with Crippen LogP contribution in [0, 0.1) is 11.8 Å². The first-order valence-corrected chi connectivity index (χ1v) is 8.48. The van der Waals surface area contributed by atoms with Crippen LogP contribution in [0.1, 0.15) is 51.8 Å². The van der Waals surface area contributed by atoms with Gasteiger partial charge in [-0.05, 0) is 36.3 Å². The van der Waals surface area contributed by atoms with Crippen LogP contribution in [0.4, 0.5) is 4.79 Å². The van der Waals surface area contributed by atoms with Crippen LogP contribution in [-0.4, -0.2) is 25.2 Å². The lowest BCUT2D eigenvalue weighted by Gasteiger charge is -2.26. The second kappa shape index (κ2) is 9.42. The summed E-state index contributed by atoms with van der Waals surface area (Å²) in [5.41, 5.74) is 2.45. The molecule has 2 atom stereocenters. The molecule has 134 valence electrons. The molecular formula is C19H30N2O3. The van der Waals surface area contributed by atoms with Crippen LogP contribution in [0.2, 0.25) is 0 Å². The first-order chi connectivity index (χ1) is 11.2. The van der Waals surface area contributed by atoms with Crippen molar-refractivity contribution in [1.29, 1.82) is 0 Å². The van der Waals surface area contributed by atoms with Gasteiger partial charge in [0.15, 0.2) is 0 Å². The number of carbonyl (C=O) groups is 2. The number of imide groups is 1. The van der Waals surface area contributed by atoms with Crippen molar-refractivity contribution in [2.75, 3.05) is 7.11 Å². The zero-order valence-electron chi connectivity index (χ0n) is 15.6.